The first-order valence-corrected chi connectivity index (χ1v) is 11.3. The molecule has 2 N–H and O–H groups in total. The molecule has 0 radical (unpaired) electrons. The van der Waals surface area contributed by atoms with Gasteiger partial charge in [-0.2, -0.15) is 13.2 Å². The van der Waals surface area contributed by atoms with E-state index < -0.39 is 30.2 Å². The molecule has 3 aromatic heterocycles. The molecule has 0 aliphatic heterocycles. The second-order valence-corrected chi connectivity index (χ2v) is 8.21. The number of nitrogens with zero attached hydrogens (tertiary/aromatic N) is 4. The van der Waals surface area contributed by atoms with Gasteiger partial charge >= 0.3 is 6.18 Å². The molecule has 37 heavy (non-hydrogen) atoms. The predicted octanol–water partition coefficient (Wildman–Crippen LogP) is 5.30. The van der Waals surface area contributed by atoms with E-state index in [1.807, 2.05) is 6.92 Å². The Morgan fingerprint density at radius 3 is 2.62 bits per heavy atom. The molecule has 0 aliphatic carbocycles. The van der Waals surface area contributed by atoms with E-state index in [-0.39, 0.29) is 28.2 Å². The standard InChI is InChI=1S/C25H20F4N6O2/c1-2-18(33-22-16-10-11-30-21(16)31-13-32-22)23-34-19-5-3-4-17(26)20(19)24(36)35(23)14-6-8-15(9-7-14)37-12-25(27,28)29/h3-11,13,18H,2,12H2,1H3,(H2,30,31,32,33). The normalized spacial score (nSPS) is 12.7. The van der Waals surface area contributed by atoms with Gasteiger partial charge in [0.1, 0.15) is 40.6 Å². The summed E-state index contributed by atoms with van der Waals surface area (Å²) in [6, 6.07) is 10.9. The highest BCUT2D eigenvalue weighted by atomic mass is 19.4. The third kappa shape index (κ3) is 4.82. The third-order valence-electron chi connectivity index (χ3n) is 5.75. The number of hydrogen-bond donors (Lipinski definition) is 2. The van der Waals surface area contributed by atoms with Crippen LogP contribution >= 0.6 is 0 Å². The number of halogens is 4. The highest BCUT2D eigenvalue weighted by molar-refractivity contribution is 5.86. The highest BCUT2D eigenvalue weighted by Crippen LogP contribution is 2.28. The quantitative estimate of drug-likeness (QED) is 0.287. The van der Waals surface area contributed by atoms with Crippen LogP contribution in [0.25, 0.3) is 27.6 Å². The van der Waals surface area contributed by atoms with Gasteiger partial charge in [0, 0.05) is 6.20 Å². The largest absolute Gasteiger partial charge is 0.484 e. The van der Waals surface area contributed by atoms with Gasteiger partial charge in [0.2, 0.25) is 0 Å². The lowest BCUT2D eigenvalue weighted by Gasteiger charge is -2.22. The Morgan fingerprint density at radius 1 is 1.11 bits per heavy atom. The molecule has 0 amide bonds. The molecule has 0 saturated carbocycles. The smallest absolute Gasteiger partial charge is 0.422 e. The van der Waals surface area contributed by atoms with Crippen molar-refractivity contribution < 1.29 is 22.3 Å². The van der Waals surface area contributed by atoms with Crippen LogP contribution in [-0.4, -0.2) is 37.3 Å². The number of fused-ring (bicyclic) bond motifs is 2. The van der Waals surface area contributed by atoms with Gasteiger partial charge in [0.05, 0.1) is 22.6 Å². The molecule has 2 aromatic carbocycles. The Hall–Kier alpha value is -4.48. The van der Waals surface area contributed by atoms with Gasteiger partial charge in [-0.3, -0.25) is 9.36 Å². The maximum atomic E-state index is 14.7. The topological polar surface area (TPSA) is 97.7 Å². The van der Waals surface area contributed by atoms with E-state index in [1.54, 1.807) is 18.3 Å². The van der Waals surface area contributed by atoms with Crippen molar-refractivity contribution in [3.63, 3.8) is 0 Å². The van der Waals surface area contributed by atoms with Crippen molar-refractivity contribution >= 4 is 27.8 Å². The summed E-state index contributed by atoms with van der Waals surface area (Å²) in [7, 11) is 0. The first kappa shape index (κ1) is 24.2. The number of hydrogen-bond acceptors (Lipinski definition) is 6. The minimum atomic E-state index is -4.49. The van der Waals surface area contributed by atoms with E-state index in [0.717, 1.165) is 5.39 Å². The average Bonchev–Trinajstić information content (AvgIpc) is 3.36. The molecule has 8 nitrogen and oxygen atoms in total. The van der Waals surface area contributed by atoms with Crippen LogP contribution in [0.4, 0.5) is 23.4 Å². The van der Waals surface area contributed by atoms with Gasteiger partial charge in [-0.1, -0.05) is 13.0 Å². The number of aromatic amines is 1. The first-order valence-electron chi connectivity index (χ1n) is 11.3. The van der Waals surface area contributed by atoms with E-state index in [9.17, 15) is 22.4 Å². The summed E-state index contributed by atoms with van der Waals surface area (Å²) in [6.07, 6.45) is -0.908. The SMILES string of the molecule is CCC(Nc1ncnc2[nH]ccc12)c1nc2cccc(F)c2c(=O)n1-c1ccc(OCC(F)(F)F)cc1. The van der Waals surface area contributed by atoms with Crippen LogP contribution in [0.2, 0.25) is 0 Å². The van der Waals surface area contributed by atoms with Crippen LogP contribution in [-0.2, 0) is 0 Å². The monoisotopic (exact) mass is 512 g/mol. The van der Waals surface area contributed by atoms with Gasteiger partial charge in [0.15, 0.2) is 6.61 Å². The summed E-state index contributed by atoms with van der Waals surface area (Å²) in [5, 5.41) is 3.83. The van der Waals surface area contributed by atoms with Crippen molar-refractivity contribution in [2.45, 2.75) is 25.6 Å². The highest BCUT2D eigenvalue weighted by Gasteiger charge is 2.28. The van der Waals surface area contributed by atoms with Crippen molar-refractivity contribution in [1.29, 1.82) is 0 Å². The number of nitrogens with one attached hydrogen (secondary N) is 2. The van der Waals surface area contributed by atoms with E-state index in [4.69, 9.17) is 4.74 Å². The average molecular weight is 512 g/mol. The fourth-order valence-electron chi connectivity index (χ4n) is 4.05. The van der Waals surface area contributed by atoms with Crippen LogP contribution < -0.4 is 15.6 Å². The second kappa shape index (κ2) is 9.52. The Morgan fingerprint density at radius 2 is 1.89 bits per heavy atom. The number of aromatic nitrogens is 5. The van der Waals surface area contributed by atoms with E-state index >= 15 is 0 Å². The van der Waals surface area contributed by atoms with Gasteiger partial charge in [0.25, 0.3) is 5.56 Å². The minimum absolute atomic E-state index is 0.0309. The van der Waals surface area contributed by atoms with Crippen molar-refractivity contribution in [3.8, 4) is 11.4 Å². The number of ether oxygens (including phenoxy) is 1. The zero-order chi connectivity index (χ0) is 26.2. The van der Waals surface area contributed by atoms with Crippen LogP contribution in [0, 0.1) is 5.82 Å². The number of H-pyrrole nitrogens is 1. The van der Waals surface area contributed by atoms with Crippen LogP contribution in [0.3, 0.4) is 0 Å². The number of anilines is 1. The molecule has 12 heteroatoms. The van der Waals surface area contributed by atoms with E-state index in [2.05, 4.69) is 25.3 Å². The molecule has 0 fully saturated rings. The summed E-state index contributed by atoms with van der Waals surface area (Å²) in [5.41, 5.74) is 0.423. The molecule has 190 valence electrons. The molecule has 1 unspecified atom stereocenters. The molecule has 1 atom stereocenters. The third-order valence-corrected chi connectivity index (χ3v) is 5.75. The fourth-order valence-corrected chi connectivity index (χ4v) is 4.05. The van der Waals surface area contributed by atoms with Gasteiger partial charge in [-0.15, -0.1) is 0 Å². The molecular weight excluding hydrogens is 492 g/mol. The molecule has 0 aliphatic rings. The fraction of sp³-hybridized carbons (Fsp3) is 0.200. The summed E-state index contributed by atoms with van der Waals surface area (Å²) in [5.74, 6) is 0.0221. The second-order valence-electron chi connectivity index (χ2n) is 8.21. The van der Waals surface area contributed by atoms with Gasteiger partial charge in [-0.05, 0) is 48.9 Å². The Bertz CT molecular complexity index is 1630. The van der Waals surface area contributed by atoms with Crippen LogP contribution in [0.5, 0.6) is 5.75 Å². The number of rotatable bonds is 7. The zero-order valence-electron chi connectivity index (χ0n) is 19.4. The number of benzene rings is 2. The maximum absolute atomic E-state index is 14.7. The zero-order valence-corrected chi connectivity index (χ0v) is 19.4. The summed E-state index contributed by atoms with van der Waals surface area (Å²) in [6.45, 7) is 0.433. The molecule has 0 saturated heterocycles. The summed E-state index contributed by atoms with van der Waals surface area (Å²) < 4.78 is 58.3. The number of alkyl halides is 3. The summed E-state index contributed by atoms with van der Waals surface area (Å²) in [4.78, 5) is 29.7. The van der Waals surface area contributed by atoms with Crippen molar-refractivity contribution in [2.75, 3.05) is 11.9 Å². The summed E-state index contributed by atoms with van der Waals surface area (Å²) >= 11 is 0. The Labute approximate surface area is 207 Å². The van der Waals surface area contributed by atoms with E-state index in [0.29, 0.717) is 17.9 Å². The molecular formula is C25H20F4N6O2. The van der Waals surface area contributed by atoms with Gasteiger partial charge < -0.3 is 15.0 Å². The van der Waals surface area contributed by atoms with Crippen LogP contribution in [0.15, 0.2) is 65.8 Å². The molecule has 0 spiro atoms. The lowest BCUT2D eigenvalue weighted by molar-refractivity contribution is -0.153. The Kier molecular flexibility index (Phi) is 6.24. The predicted molar refractivity (Wildman–Crippen MR) is 129 cm³/mol. The minimum Gasteiger partial charge on any atom is -0.484 e. The first-order chi connectivity index (χ1) is 17.7. The lowest BCUT2D eigenvalue weighted by atomic mass is 10.1. The van der Waals surface area contributed by atoms with Crippen LogP contribution in [0.1, 0.15) is 25.2 Å². The molecule has 0 bridgehead atoms. The maximum Gasteiger partial charge on any atom is 0.422 e. The molecule has 5 aromatic rings. The van der Waals surface area contributed by atoms with Crippen molar-refractivity contribution in [2.24, 2.45) is 0 Å². The lowest BCUT2D eigenvalue weighted by Crippen LogP contribution is -2.28. The Balaban J connectivity index is 1.63. The van der Waals surface area contributed by atoms with Crippen molar-refractivity contribution in [1.82, 2.24) is 24.5 Å². The van der Waals surface area contributed by atoms with E-state index in [1.165, 1.54) is 47.3 Å². The molecule has 3 heterocycles. The molecule has 5 rings (SSSR count). The van der Waals surface area contributed by atoms with Gasteiger partial charge in [-0.25, -0.2) is 19.3 Å². The van der Waals surface area contributed by atoms with Crippen molar-refractivity contribution in [3.05, 3.63) is 83.1 Å².